The fraction of sp³-hybridized carbons (Fsp3) is 1.00. The van der Waals surface area contributed by atoms with Gasteiger partial charge >= 0.3 is 0 Å². The monoisotopic (exact) mass is 402 g/mol. The van der Waals surface area contributed by atoms with Crippen LogP contribution in [0.15, 0.2) is 0 Å². The van der Waals surface area contributed by atoms with Gasteiger partial charge < -0.3 is 18.9 Å². The first-order valence-electron chi connectivity index (χ1n) is 10.4. The number of rotatable bonds is 4. The first-order valence-corrected chi connectivity index (χ1v) is 12.2. The second-order valence-corrected chi connectivity index (χ2v) is 10.6. The summed E-state index contributed by atoms with van der Waals surface area (Å²) in [5.74, 6) is -0.398. The summed E-state index contributed by atoms with van der Waals surface area (Å²) in [7, 11) is -3.41. The summed E-state index contributed by atoms with van der Waals surface area (Å²) >= 11 is 0. The van der Waals surface area contributed by atoms with E-state index in [-0.39, 0.29) is 42.7 Å². The van der Waals surface area contributed by atoms with Crippen molar-refractivity contribution in [3.8, 4) is 0 Å². The second kappa shape index (κ2) is 6.64. The fourth-order valence-corrected chi connectivity index (χ4v) is 6.26. The van der Waals surface area contributed by atoms with Crippen molar-refractivity contribution in [1.29, 1.82) is 0 Å². The third-order valence-electron chi connectivity index (χ3n) is 6.97. The van der Waals surface area contributed by atoms with Crippen LogP contribution in [-0.4, -0.2) is 63.2 Å². The summed E-state index contributed by atoms with van der Waals surface area (Å²) < 4.78 is 53.1. The molecule has 2 saturated carbocycles. The van der Waals surface area contributed by atoms with Gasteiger partial charge in [-0.2, -0.15) is 8.42 Å². The Hall–Kier alpha value is -0.250. The molecule has 154 valence electrons. The molecule has 2 aliphatic carbocycles. The minimum absolute atomic E-state index is 0.00728. The first kappa shape index (κ1) is 18.8. The van der Waals surface area contributed by atoms with Gasteiger partial charge in [0.25, 0.3) is 10.1 Å². The zero-order valence-corrected chi connectivity index (χ0v) is 16.7. The second-order valence-electron chi connectivity index (χ2n) is 8.98. The molecule has 2 spiro atoms. The average molecular weight is 403 g/mol. The molecular weight excluding hydrogens is 372 g/mol. The van der Waals surface area contributed by atoms with Crippen molar-refractivity contribution in [3.05, 3.63) is 0 Å². The topological polar surface area (TPSA) is 80.3 Å². The van der Waals surface area contributed by atoms with Crippen LogP contribution in [0.2, 0.25) is 0 Å². The van der Waals surface area contributed by atoms with E-state index < -0.39 is 15.9 Å². The molecule has 3 heterocycles. The third-order valence-corrected chi connectivity index (χ3v) is 7.57. The number of hydrogen-bond donors (Lipinski definition) is 0. The highest BCUT2D eigenvalue weighted by Gasteiger charge is 2.65. The van der Waals surface area contributed by atoms with E-state index in [4.69, 9.17) is 23.1 Å². The van der Waals surface area contributed by atoms with Gasteiger partial charge in [0.2, 0.25) is 0 Å². The quantitative estimate of drug-likeness (QED) is 0.667. The van der Waals surface area contributed by atoms with Gasteiger partial charge in [-0.1, -0.05) is 6.42 Å². The van der Waals surface area contributed by atoms with Crippen LogP contribution >= 0.6 is 0 Å². The maximum atomic E-state index is 11.2. The van der Waals surface area contributed by atoms with E-state index in [1.54, 1.807) is 0 Å². The molecular formula is C19H30O7S. The van der Waals surface area contributed by atoms with E-state index in [2.05, 4.69) is 0 Å². The van der Waals surface area contributed by atoms with Crippen molar-refractivity contribution in [2.24, 2.45) is 0 Å². The molecule has 7 nitrogen and oxygen atoms in total. The standard InChI is InChI=1S/C19H30O7S/c1-27(20,21)22-10-7-13-5-6-16-18(24-13)11-14(23-16)17-15(12-18)25-19(26-17)8-3-2-4-9-19/h13-17H,2-12H2,1H3/t13?,14-,15-,16+,17+,18-/m1/s1. The van der Waals surface area contributed by atoms with Crippen molar-refractivity contribution in [3.63, 3.8) is 0 Å². The molecule has 1 unspecified atom stereocenters. The van der Waals surface area contributed by atoms with E-state index in [1.807, 2.05) is 0 Å². The predicted octanol–water partition coefficient (Wildman–Crippen LogP) is 2.28. The van der Waals surface area contributed by atoms with Crippen molar-refractivity contribution >= 4 is 10.1 Å². The summed E-state index contributed by atoms with van der Waals surface area (Å²) in [4.78, 5) is 0. The average Bonchev–Trinajstić information content (AvgIpc) is 3.10. The lowest BCUT2D eigenvalue weighted by Gasteiger charge is -2.44. The summed E-state index contributed by atoms with van der Waals surface area (Å²) in [6, 6.07) is 0. The van der Waals surface area contributed by atoms with Crippen molar-refractivity contribution in [2.45, 2.75) is 106 Å². The zero-order chi connectivity index (χ0) is 18.7. The largest absolute Gasteiger partial charge is 0.369 e. The third kappa shape index (κ3) is 3.46. The molecule has 5 fully saturated rings. The number of hydrogen-bond acceptors (Lipinski definition) is 7. The molecule has 3 saturated heterocycles. The molecule has 0 aromatic rings. The Morgan fingerprint density at radius 1 is 1.00 bits per heavy atom. The van der Waals surface area contributed by atoms with Crippen LogP contribution in [0.5, 0.6) is 0 Å². The molecule has 3 aliphatic heterocycles. The minimum atomic E-state index is -3.41. The predicted molar refractivity (Wildman–Crippen MR) is 95.7 cm³/mol. The lowest BCUT2D eigenvalue weighted by Crippen LogP contribution is -2.53. The number of ether oxygens (including phenoxy) is 4. The lowest BCUT2D eigenvalue weighted by atomic mass is 9.76. The van der Waals surface area contributed by atoms with Crippen molar-refractivity contribution in [1.82, 2.24) is 0 Å². The van der Waals surface area contributed by atoms with Crippen LogP contribution in [0.3, 0.4) is 0 Å². The van der Waals surface area contributed by atoms with Gasteiger partial charge in [0.05, 0.1) is 42.9 Å². The van der Waals surface area contributed by atoms with Gasteiger partial charge in [-0.25, -0.2) is 0 Å². The Labute approximate surface area is 161 Å². The summed E-state index contributed by atoms with van der Waals surface area (Å²) in [6.45, 7) is 0.170. The molecule has 0 radical (unpaired) electrons. The lowest BCUT2D eigenvalue weighted by molar-refractivity contribution is -0.215. The summed E-state index contributed by atoms with van der Waals surface area (Å²) in [5.41, 5.74) is -0.316. The van der Waals surface area contributed by atoms with Crippen LogP contribution in [0.25, 0.3) is 0 Å². The molecule has 0 amide bonds. The van der Waals surface area contributed by atoms with Crippen LogP contribution in [0, 0.1) is 0 Å². The molecule has 0 aromatic carbocycles. The molecule has 5 aliphatic rings. The van der Waals surface area contributed by atoms with E-state index in [0.29, 0.717) is 6.42 Å². The van der Waals surface area contributed by atoms with Gasteiger partial charge in [0.15, 0.2) is 5.79 Å². The fourth-order valence-electron chi connectivity index (χ4n) is 5.86. The van der Waals surface area contributed by atoms with Gasteiger partial charge in [-0.15, -0.1) is 0 Å². The Morgan fingerprint density at radius 2 is 1.78 bits per heavy atom. The van der Waals surface area contributed by atoms with Crippen LogP contribution < -0.4 is 0 Å². The van der Waals surface area contributed by atoms with Gasteiger partial charge in [-0.05, 0) is 32.1 Å². The highest BCUT2D eigenvalue weighted by atomic mass is 32.2. The molecule has 2 bridgehead atoms. The van der Waals surface area contributed by atoms with Crippen LogP contribution in [0.4, 0.5) is 0 Å². The Morgan fingerprint density at radius 3 is 2.56 bits per heavy atom. The molecule has 8 heteroatoms. The van der Waals surface area contributed by atoms with E-state index in [9.17, 15) is 8.42 Å². The SMILES string of the molecule is CS(=O)(=O)OCCC1CC[C@@H]2O[C@@H]3C[C@]2(C[C@H]2OC4(CCCCC4)O[C@@H]32)O1. The summed E-state index contributed by atoms with van der Waals surface area (Å²) in [6.07, 6.45) is 10.9. The van der Waals surface area contributed by atoms with E-state index >= 15 is 0 Å². The molecule has 27 heavy (non-hydrogen) atoms. The van der Waals surface area contributed by atoms with Crippen LogP contribution in [0.1, 0.15) is 64.2 Å². The zero-order valence-electron chi connectivity index (χ0n) is 15.9. The minimum Gasteiger partial charge on any atom is -0.369 e. The van der Waals surface area contributed by atoms with E-state index in [1.165, 1.54) is 6.42 Å². The highest BCUT2D eigenvalue weighted by Crippen LogP contribution is 2.55. The van der Waals surface area contributed by atoms with Gasteiger partial charge in [0.1, 0.15) is 6.10 Å². The van der Waals surface area contributed by atoms with Crippen LogP contribution in [-0.2, 0) is 33.2 Å². The first-order chi connectivity index (χ1) is 12.9. The molecule has 6 atom stereocenters. The van der Waals surface area contributed by atoms with E-state index in [0.717, 1.165) is 57.6 Å². The maximum Gasteiger partial charge on any atom is 0.264 e. The summed E-state index contributed by atoms with van der Waals surface area (Å²) in [5, 5.41) is 0. The molecule has 5 rings (SSSR count). The number of fused-ring (bicyclic) bond motifs is 3. The molecule has 0 aromatic heterocycles. The Balaban J connectivity index is 1.26. The maximum absolute atomic E-state index is 11.2. The normalized spacial score (nSPS) is 45.6. The molecule has 0 N–H and O–H groups in total. The van der Waals surface area contributed by atoms with Gasteiger partial charge in [0, 0.05) is 25.7 Å². The van der Waals surface area contributed by atoms with Crippen molar-refractivity contribution in [2.75, 3.05) is 12.9 Å². The smallest absolute Gasteiger partial charge is 0.264 e. The van der Waals surface area contributed by atoms with Gasteiger partial charge in [-0.3, -0.25) is 4.18 Å². The highest BCUT2D eigenvalue weighted by molar-refractivity contribution is 7.85. The Kier molecular flexibility index (Phi) is 4.61. The Bertz CT molecular complexity index is 674. The van der Waals surface area contributed by atoms with Crippen molar-refractivity contribution < 1.29 is 31.5 Å².